The monoisotopic (exact) mass is 272 g/mol. The van der Waals surface area contributed by atoms with Crippen LogP contribution in [0.25, 0.3) is 0 Å². The number of anilines is 1. The van der Waals surface area contributed by atoms with Crippen molar-refractivity contribution in [2.24, 2.45) is 0 Å². The zero-order chi connectivity index (χ0) is 13.1. The van der Waals surface area contributed by atoms with Crippen molar-refractivity contribution in [2.75, 3.05) is 25.8 Å². The van der Waals surface area contributed by atoms with Crippen LogP contribution in [-0.4, -0.2) is 40.9 Å². The molecule has 1 atom stereocenters. The average Bonchev–Trinajstić information content (AvgIpc) is 2.75. The van der Waals surface area contributed by atoms with Gasteiger partial charge in [0.1, 0.15) is 30.3 Å². The van der Waals surface area contributed by atoms with Gasteiger partial charge in [0.25, 0.3) is 0 Å². The first-order valence-corrected chi connectivity index (χ1v) is 6.08. The number of rotatable bonds is 5. The summed E-state index contributed by atoms with van der Waals surface area (Å²) in [4.78, 5) is 17.6. The smallest absolute Gasteiger partial charge is 0.326 e. The molecule has 100 valence electrons. The number of carbonyl (C=O) groups is 1. The summed E-state index contributed by atoms with van der Waals surface area (Å²) in [5.74, 6) is 0.626. The highest BCUT2D eigenvalue weighted by molar-refractivity contribution is 7.80. The second-order valence-corrected chi connectivity index (χ2v) is 4.25. The first-order valence-electron chi connectivity index (χ1n) is 5.56. The van der Waals surface area contributed by atoms with Gasteiger partial charge >= 0.3 is 6.03 Å². The normalized spacial score (nSPS) is 18.7. The Morgan fingerprint density at radius 1 is 1.56 bits per heavy atom. The zero-order valence-electron chi connectivity index (χ0n) is 10.3. The Bertz CT molecular complexity index is 437. The lowest BCUT2D eigenvalue weighted by atomic mass is 10.3. The van der Waals surface area contributed by atoms with E-state index < -0.39 is 5.37 Å². The van der Waals surface area contributed by atoms with E-state index in [-0.39, 0.29) is 12.8 Å². The van der Waals surface area contributed by atoms with Crippen LogP contribution in [0.4, 0.5) is 10.6 Å². The molecular formula is C10H16N4O3S. The number of thiol groups is 1. The molecule has 1 aromatic heterocycles. The predicted molar refractivity (Wildman–Crippen MR) is 68.3 cm³/mol. The Kier molecular flexibility index (Phi) is 4.10. The molecule has 1 unspecified atom stereocenters. The molecule has 1 aliphatic rings. The van der Waals surface area contributed by atoms with Crippen molar-refractivity contribution in [1.29, 1.82) is 0 Å². The van der Waals surface area contributed by atoms with Gasteiger partial charge in [-0.3, -0.25) is 14.8 Å². The molecule has 7 nitrogen and oxygen atoms in total. The van der Waals surface area contributed by atoms with E-state index in [1.807, 2.05) is 6.92 Å². The first kappa shape index (κ1) is 13.2. The lowest BCUT2D eigenvalue weighted by molar-refractivity contribution is 0.0780. The molecule has 18 heavy (non-hydrogen) atoms. The van der Waals surface area contributed by atoms with Crippen LogP contribution in [-0.2, 0) is 16.2 Å². The molecule has 1 aliphatic heterocycles. The molecule has 0 bridgehead atoms. The molecule has 1 aromatic rings. The number of methoxy groups -OCH3 is 1. The van der Waals surface area contributed by atoms with E-state index in [1.165, 1.54) is 12.0 Å². The number of imidazole rings is 1. The summed E-state index contributed by atoms with van der Waals surface area (Å²) < 4.78 is 12.0. The van der Waals surface area contributed by atoms with Gasteiger partial charge < -0.3 is 9.47 Å². The molecule has 2 rings (SSSR count). The number of ether oxygens (including phenoxy) is 2. The van der Waals surface area contributed by atoms with Crippen LogP contribution in [0.3, 0.4) is 0 Å². The number of fused-ring (bicyclic) bond motifs is 1. The molecule has 1 N–H and O–H groups in total. The van der Waals surface area contributed by atoms with Gasteiger partial charge in [-0.15, -0.1) is 12.6 Å². The van der Waals surface area contributed by atoms with E-state index in [1.54, 1.807) is 10.9 Å². The Hall–Kier alpha value is -1.25. The molecule has 8 heteroatoms. The lowest BCUT2D eigenvalue weighted by Crippen LogP contribution is -2.42. The van der Waals surface area contributed by atoms with Crippen molar-refractivity contribution >= 4 is 24.5 Å². The van der Waals surface area contributed by atoms with Crippen LogP contribution in [0.5, 0.6) is 0 Å². The van der Waals surface area contributed by atoms with Crippen molar-refractivity contribution in [3.05, 3.63) is 12.0 Å². The minimum Gasteiger partial charge on any atom is -0.364 e. The number of nitrogens with one attached hydrogen (secondary N) is 1. The Morgan fingerprint density at radius 2 is 2.33 bits per heavy atom. The summed E-state index contributed by atoms with van der Waals surface area (Å²) in [7, 11) is 1.52. The van der Waals surface area contributed by atoms with Crippen LogP contribution in [0, 0.1) is 0 Å². The average molecular weight is 272 g/mol. The Balaban J connectivity index is 2.23. The Labute approximate surface area is 110 Å². The highest BCUT2D eigenvalue weighted by Crippen LogP contribution is 2.34. The van der Waals surface area contributed by atoms with Crippen molar-refractivity contribution in [1.82, 2.24) is 14.5 Å². The second kappa shape index (κ2) is 5.59. The fraction of sp³-hybridized carbons (Fsp3) is 0.600. The molecule has 0 saturated carbocycles. The van der Waals surface area contributed by atoms with Gasteiger partial charge in [0, 0.05) is 13.7 Å². The summed E-state index contributed by atoms with van der Waals surface area (Å²) >= 11 is 4.40. The van der Waals surface area contributed by atoms with E-state index >= 15 is 0 Å². The molecule has 0 aromatic carbocycles. The summed E-state index contributed by atoms with van der Waals surface area (Å²) in [5, 5.41) is 2.34. The Morgan fingerprint density at radius 3 is 3.00 bits per heavy atom. The fourth-order valence-corrected chi connectivity index (χ4v) is 2.07. The SMILES string of the molecule is CCOCn1cnc2c1NC(=O)N(COC)C2S. The summed E-state index contributed by atoms with van der Waals surface area (Å²) in [6.07, 6.45) is 1.63. The topological polar surface area (TPSA) is 68.6 Å². The third-order valence-corrected chi connectivity index (χ3v) is 3.12. The van der Waals surface area contributed by atoms with Crippen molar-refractivity contribution < 1.29 is 14.3 Å². The van der Waals surface area contributed by atoms with E-state index in [2.05, 4.69) is 22.9 Å². The molecule has 0 spiro atoms. The second-order valence-electron chi connectivity index (χ2n) is 3.76. The number of aromatic nitrogens is 2. The highest BCUT2D eigenvalue weighted by Gasteiger charge is 2.33. The van der Waals surface area contributed by atoms with Gasteiger partial charge in [0.15, 0.2) is 0 Å². The lowest BCUT2D eigenvalue weighted by Gasteiger charge is -2.31. The third kappa shape index (κ3) is 2.31. The zero-order valence-corrected chi connectivity index (χ0v) is 11.2. The number of carbonyl (C=O) groups excluding carboxylic acids is 1. The predicted octanol–water partition coefficient (Wildman–Crippen LogP) is 1.26. The fourth-order valence-electron chi connectivity index (χ4n) is 1.71. The number of urea groups is 1. The molecule has 0 saturated heterocycles. The molecule has 0 fully saturated rings. The number of amides is 2. The standard InChI is InChI=1S/C10H16N4O3S/c1-3-17-5-13-4-11-7-8(13)12-10(15)14(6-16-2)9(7)18/h4,9,18H,3,5-6H2,1-2H3,(H,12,15). The van der Waals surface area contributed by atoms with Crippen LogP contribution >= 0.6 is 12.6 Å². The minimum absolute atomic E-state index is 0.164. The van der Waals surface area contributed by atoms with Gasteiger partial charge in [-0.05, 0) is 6.92 Å². The largest absolute Gasteiger partial charge is 0.364 e. The summed E-state index contributed by atoms with van der Waals surface area (Å²) in [6.45, 7) is 3.02. The molecular weight excluding hydrogens is 256 g/mol. The highest BCUT2D eigenvalue weighted by atomic mass is 32.1. The van der Waals surface area contributed by atoms with Crippen molar-refractivity contribution in [3.8, 4) is 0 Å². The third-order valence-electron chi connectivity index (χ3n) is 2.59. The van der Waals surface area contributed by atoms with Crippen LogP contribution in [0.2, 0.25) is 0 Å². The number of hydrogen-bond donors (Lipinski definition) is 2. The van der Waals surface area contributed by atoms with Crippen LogP contribution < -0.4 is 5.32 Å². The van der Waals surface area contributed by atoms with Gasteiger partial charge in [-0.2, -0.15) is 0 Å². The van der Waals surface area contributed by atoms with Crippen molar-refractivity contribution in [2.45, 2.75) is 19.0 Å². The number of nitrogens with zero attached hydrogens (tertiary/aromatic N) is 3. The van der Waals surface area contributed by atoms with Crippen LogP contribution in [0.15, 0.2) is 6.33 Å². The molecule has 0 aliphatic carbocycles. The van der Waals surface area contributed by atoms with E-state index in [4.69, 9.17) is 9.47 Å². The number of hydrogen-bond acceptors (Lipinski definition) is 5. The van der Waals surface area contributed by atoms with E-state index in [0.717, 1.165) is 0 Å². The van der Waals surface area contributed by atoms with E-state index in [0.29, 0.717) is 24.8 Å². The van der Waals surface area contributed by atoms with Crippen molar-refractivity contribution in [3.63, 3.8) is 0 Å². The van der Waals surface area contributed by atoms with E-state index in [9.17, 15) is 4.79 Å². The quantitative estimate of drug-likeness (QED) is 0.792. The van der Waals surface area contributed by atoms with Crippen LogP contribution in [0.1, 0.15) is 18.0 Å². The first-order chi connectivity index (χ1) is 8.69. The van der Waals surface area contributed by atoms with Gasteiger partial charge in [-0.1, -0.05) is 0 Å². The molecule has 2 heterocycles. The molecule has 2 amide bonds. The maximum atomic E-state index is 11.9. The maximum Gasteiger partial charge on any atom is 0.326 e. The summed E-state index contributed by atoms with van der Waals surface area (Å²) in [6, 6.07) is -0.261. The maximum absolute atomic E-state index is 11.9. The van der Waals surface area contributed by atoms with Gasteiger partial charge in [0.2, 0.25) is 0 Å². The van der Waals surface area contributed by atoms with Gasteiger partial charge in [0.05, 0.1) is 6.33 Å². The summed E-state index contributed by atoms with van der Waals surface area (Å²) in [5.41, 5.74) is 0.690. The molecule has 0 radical (unpaired) electrons. The van der Waals surface area contributed by atoms with Gasteiger partial charge in [-0.25, -0.2) is 9.78 Å². The minimum atomic E-state index is -0.420.